The second-order valence-corrected chi connectivity index (χ2v) is 6.94. The molecule has 0 unspecified atom stereocenters. The number of aryl methyl sites for hydroxylation is 1. The molecule has 28 heavy (non-hydrogen) atoms. The Balaban J connectivity index is 1.65. The van der Waals surface area contributed by atoms with Crippen LogP contribution >= 0.6 is 11.6 Å². The van der Waals surface area contributed by atoms with Crippen LogP contribution in [0, 0.1) is 6.92 Å². The van der Waals surface area contributed by atoms with Gasteiger partial charge in [0.05, 0.1) is 5.69 Å². The number of nitrogens with zero attached hydrogens (tertiary/aromatic N) is 4. The number of halogens is 1. The van der Waals surface area contributed by atoms with Crippen LogP contribution in [0.25, 0.3) is 5.69 Å². The lowest BCUT2D eigenvalue weighted by Gasteiger charge is -2.11. The van der Waals surface area contributed by atoms with Crippen molar-refractivity contribution >= 4 is 23.2 Å². The number of hydrogen-bond donors (Lipinski definition) is 1. The maximum atomic E-state index is 12.5. The SMILES string of the molecule is Cc1nc(C(=O)Nc2ccc(OCCN(C)C)cc2)nn1-c1ccc(Cl)cc1. The summed E-state index contributed by atoms with van der Waals surface area (Å²) in [6.07, 6.45) is 0. The lowest BCUT2D eigenvalue weighted by atomic mass is 10.3. The highest BCUT2D eigenvalue weighted by Gasteiger charge is 2.15. The summed E-state index contributed by atoms with van der Waals surface area (Å²) < 4.78 is 7.25. The molecule has 0 radical (unpaired) electrons. The van der Waals surface area contributed by atoms with Crippen LogP contribution in [0.15, 0.2) is 48.5 Å². The van der Waals surface area contributed by atoms with Crippen molar-refractivity contribution in [1.29, 1.82) is 0 Å². The van der Waals surface area contributed by atoms with Gasteiger partial charge in [-0.25, -0.2) is 9.67 Å². The second-order valence-electron chi connectivity index (χ2n) is 6.50. The maximum absolute atomic E-state index is 12.5. The molecule has 0 saturated carbocycles. The molecule has 146 valence electrons. The number of likely N-dealkylation sites (N-methyl/N-ethyl adjacent to an activating group) is 1. The summed E-state index contributed by atoms with van der Waals surface area (Å²) in [5, 5.41) is 7.73. The number of anilines is 1. The normalized spacial score (nSPS) is 10.9. The Morgan fingerprint density at radius 3 is 2.46 bits per heavy atom. The summed E-state index contributed by atoms with van der Waals surface area (Å²) in [5.41, 5.74) is 1.43. The average molecular weight is 400 g/mol. The number of carbonyl (C=O) groups excluding carboxylic acids is 1. The molecule has 0 fully saturated rings. The van der Waals surface area contributed by atoms with E-state index in [1.807, 2.05) is 43.3 Å². The van der Waals surface area contributed by atoms with E-state index in [1.165, 1.54) is 0 Å². The van der Waals surface area contributed by atoms with Gasteiger partial charge in [-0.2, -0.15) is 0 Å². The molecule has 1 heterocycles. The lowest BCUT2D eigenvalue weighted by Crippen LogP contribution is -2.19. The van der Waals surface area contributed by atoms with Crippen molar-refractivity contribution in [1.82, 2.24) is 19.7 Å². The molecular formula is C20H22ClN5O2. The van der Waals surface area contributed by atoms with Crippen LogP contribution in [0.4, 0.5) is 5.69 Å². The van der Waals surface area contributed by atoms with Gasteiger partial charge in [-0.1, -0.05) is 11.6 Å². The van der Waals surface area contributed by atoms with Crippen molar-refractivity contribution < 1.29 is 9.53 Å². The van der Waals surface area contributed by atoms with Crippen molar-refractivity contribution in [3.8, 4) is 11.4 Å². The molecule has 8 heteroatoms. The largest absolute Gasteiger partial charge is 0.492 e. The molecular weight excluding hydrogens is 378 g/mol. The first-order valence-electron chi connectivity index (χ1n) is 8.81. The van der Waals surface area contributed by atoms with E-state index in [4.69, 9.17) is 16.3 Å². The second kappa shape index (κ2) is 8.86. The molecule has 0 atom stereocenters. The summed E-state index contributed by atoms with van der Waals surface area (Å²) in [6.45, 7) is 3.22. The Kier molecular flexibility index (Phi) is 6.28. The molecule has 1 amide bonds. The minimum atomic E-state index is -0.378. The van der Waals surface area contributed by atoms with Crippen LogP contribution < -0.4 is 10.1 Å². The quantitative estimate of drug-likeness (QED) is 0.659. The predicted molar refractivity (Wildman–Crippen MR) is 110 cm³/mol. The van der Waals surface area contributed by atoms with Gasteiger partial charge in [-0.05, 0) is 69.6 Å². The van der Waals surface area contributed by atoms with Gasteiger partial charge in [-0.15, -0.1) is 5.10 Å². The first kappa shape index (κ1) is 19.9. The van der Waals surface area contributed by atoms with Gasteiger partial charge in [0.1, 0.15) is 18.2 Å². The van der Waals surface area contributed by atoms with Crippen LogP contribution in [0.1, 0.15) is 16.4 Å². The van der Waals surface area contributed by atoms with E-state index in [0.29, 0.717) is 23.1 Å². The van der Waals surface area contributed by atoms with Crippen LogP contribution in [-0.4, -0.2) is 52.8 Å². The van der Waals surface area contributed by atoms with Crippen molar-refractivity contribution in [2.24, 2.45) is 0 Å². The summed E-state index contributed by atoms with van der Waals surface area (Å²) in [5.74, 6) is 1.08. The zero-order valence-electron chi connectivity index (χ0n) is 16.0. The van der Waals surface area contributed by atoms with Crippen LogP contribution in [0.5, 0.6) is 5.75 Å². The fraction of sp³-hybridized carbons (Fsp3) is 0.250. The van der Waals surface area contributed by atoms with Crippen LogP contribution in [0.3, 0.4) is 0 Å². The van der Waals surface area contributed by atoms with Crippen molar-refractivity contribution in [3.63, 3.8) is 0 Å². The Morgan fingerprint density at radius 1 is 1.14 bits per heavy atom. The molecule has 3 aromatic rings. The van der Waals surface area contributed by atoms with Crippen LogP contribution in [-0.2, 0) is 0 Å². The summed E-state index contributed by atoms with van der Waals surface area (Å²) in [6, 6.07) is 14.4. The third-order valence-corrected chi connectivity index (χ3v) is 4.21. The fourth-order valence-corrected chi connectivity index (χ4v) is 2.61. The topological polar surface area (TPSA) is 72.3 Å². The van der Waals surface area contributed by atoms with Gasteiger partial charge in [0, 0.05) is 17.3 Å². The molecule has 0 aliphatic carbocycles. The Bertz CT molecular complexity index is 936. The molecule has 0 spiro atoms. The number of hydrogen-bond acceptors (Lipinski definition) is 5. The zero-order chi connectivity index (χ0) is 20.1. The Morgan fingerprint density at radius 2 is 1.82 bits per heavy atom. The number of nitrogens with one attached hydrogen (secondary N) is 1. The number of benzene rings is 2. The Hall–Kier alpha value is -2.90. The third-order valence-electron chi connectivity index (χ3n) is 3.96. The standard InChI is InChI=1S/C20H22ClN5O2/c1-14-22-19(24-26(14)17-8-4-15(21)5-9-17)20(27)23-16-6-10-18(11-7-16)28-13-12-25(2)3/h4-11H,12-13H2,1-3H3,(H,23,27). The lowest BCUT2D eigenvalue weighted by molar-refractivity contribution is 0.101. The molecule has 0 aliphatic heterocycles. The van der Waals surface area contributed by atoms with E-state index in [1.54, 1.807) is 35.9 Å². The number of aromatic nitrogens is 3. The molecule has 0 bridgehead atoms. The van der Waals surface area contributed by atoms with E-state index in [9.17, 15) is 4.79 Å². The van der Waals surface area contributed by atoms with E-state index in [0.717, 1.165) is 18.0 Å². The van der Waals surface area contributed by atoms with Gasteiger partial charge in [0.25, 0.3) is 5.91 Å². The van der Waals surface area contributed by atoms with Gasteiger partial charge in [0.2, 0.25) is 5.82 Å². The summed E-state index contributed by atoms with van der Waals surface area (Å²) in [7, 11) is 3.98. The van der Waals surface area contributed by atoms with E-state index < -0.39 is 0 Å². The van der Waals surface area contributed by atoms with Gasteiger partial charge >= 0.3 is 0 Å². The minimum absolute atomic E-state index is 0.0961. The molecule has 0 saturated heterocycles. The van der Waals surface area contributed by atoms with E-state index >= 15 is 0 Å². The molecule has 3 rings (SSSR count). The van der Waals surface area contributed by atoms with Gasteiger partial charge < -0.3 is 15.0 Å². The molecule has 1 N–H and O–H groups in total. The molecule has 1 aromatic heterocycles. The first-order valence-corrected chi connectivity index (χ1v) is 9.19. The highest BCUT2D eigenvalue weighted by Crippen LogP contribution is 2.17. The Labute approximate surface area is 168 Å². The molecule has 0 aliphatic rings. The minimum Gasteiger partial charge on any atom is -0.492 e. The smallest absolute Gasteiger partial charge is 0.295 e. The highest BCUT2D eigenvalue weighted by molar-refractivity contribution is 6.30. The summed E-state index contributed by atoms with van der Waals surface area (Å²) >= 11 is 5.92. The molecule has 7 nitrogen and oxygen atoms in total. The van der Waals surface area contributed by atoms with Crippen LogP contribution in [0.2, 0.25) is 5.02 Å². The zero-order valence-corrected chi connectivity index (χ0v) is 16.8. The van der Waals surface area contributed by atoms with E-state index in [2.05, 4.69) is 15.4 Å². The van der Waals surface area contributed by atoms with Crippen molar-refractivity contribution in [2.75, 3.05) is 32.6 Å². The van der Waals surface area contributed by atoms with Gasteiger partial charge in [0.15, 0.2) is 0 Å². The predicted octanol–water partition coefficient (Wildman–Crippen LogP) is 3.42. The van der Waals surface area contributed by atoms with Crippen molar-refractivity contribution in [2.45, 2.75) is 6.92 Å². The third kappa shape index (κ3) is 5.09. The number of carbonyl (C=O) groups is 1. The highest BCUT2D eigenvalue weighted by atomic mass is 35.5. The number of ether oxygens (including phenoxy) is 1. The van der Waals surface area contributed by atoms with E-state index in [-0.39, 0.29) is 11.7 Å². The first-order chi connectivity index (χ1) is 13.4. The van der Waals surface area contributed by atoms with Crippen molar-refractivity contribution in [3.05, 3.63) is 65.2 Å². The molecule has 2 aromatic carbocycles. The number of rotatable bonds is 7. The fourth-order valence-electron chi connectivity index (χ4n) is 2.48. The maximum Gasteiger partial charge on any atom is 0.295 e. The average Bonchev–Trinajstić information content (AvgIpc) is 3.05. The van der Waals surface area contributed by atoms with Gasteiger partial charge in [-0.3, -0.25) is 4.79 Å². The monoisotopic (exact) mass is 399 g/mol. The number of amides is 1. The summed E-state index contributed by atoms with van der Waals surface area (Å²) in [4.78, 5) is 18.8.